The molecule has 0 aliphatic carbocycles. The molecule has 66 valence electrons. The number of benzene rings is 1. The van der Waals surface area contributed by atoms with E-state index in [2.05, 4.69) is 0 Å². The summed E-state index contributed by atoms with van der Waals surface area (Å²) >= 11 is 1.11. The molecule has 0 aromatic heterocycles. The number of nitro groups is 1. The SMILES string of the molecule is O=[N+]([O-])N1C=Cc2ccccc2S1. The standard InChI is InChI=1S/C8H6N2O2S/c11-10(12)9-6-5-7-3-1-2-4-8(7)13-9/h1-6H. The summed E-state index contributed by atoms with van der Waals surface area (Å²) in [5, 5.41) is 9.98. The molecule has 1 aromatic carbocycles. The largest absolute Gasteiger partial charge is 0.234 e. The topological polar surface area (TPSA) is 46.4 Å². The highest BCUT2D eigenvalue weighted by Crippen LogP contribution is 2.31. The molecule has 5 heteroatoms. The van der Waals surface area contributed by atoms with E-state index in [1.807, 2.05) is 24.3 Å². The molecule has 0 bridgehead atoms. The zero-order chi connectivity index (χ0) is 9.26. The smallest absolute Gasteiger partial charge is 0.176 e. The fourth-order valence-corrected chi connectivity index (χ4v) is 1.84. The summed E-state index contributed by atoms with van der Waals surface area (Å²) in [5.74, 6) is 0. The summed E-state index contributed by atoms with van der Waals surface area (Å²) in [6, 6.07) is 7.56. The van der Waals surface area contributed by atoms with Gasteiger partial charge in [-0.25, -0.2) is 10.1 Å². The number of fused-ring (bicyclic) bond motifs is 1. The Bertz CT molecular complexity index is 378. The van der Waals surface area contributed by atoms with Crippen molar-refractivity contribution in [2.75, 3.05) is 0 Å². The average Bonchev–Trinajstić information content (AvgIpc) is 2.17. The summed E-state index contributed by atoms with van der Waals surface area (Å²) in [6.45, 7) is 0. The van der Waals surface area contributed by atoms with Crippen LogP contribution in [0.2, 0.25) is 0 Å². The monoisotopic (exact) mass is 194 g/mol. The van der Waals surface area contributed by atoms with Crippen LogP contribution < -0.4 is 0 Å². The van der Waals surface area contributed by atoms with E-state index in [-0.39, 0.29) is 0 Å². The van der Waals surface area contributed by atoms with Crippen molar-refractivity contribution in [2.24, 2.45) is 0 Å². The van der Waals surface area contributed by atoms with Crippen LogP contribution in [0.5, 0.6) is 0 Å². The third-order valence-electron chi connectivity index (χ3n) is 1.65. The third kappa shape index (κ3) is 1.50. The maximum atomic E-state index is 10.4. The Morgan fingerprint density at radius 3 is 2.92 bits per heavy atom. The third-order valence-corrected chi connectivity index (χ3v) is 2.66. The predicted octanol–water partition coefficient (Wildman–Crippen LogP) is 2.17. The Morgan fingerprint density at radius 1 is 1.38 bits per heavy atom. The van der Waals surface area contributed by atoms with Gasteiger partial charge in [-0.05, 0) is 22.1 Å². The van der Waals surface area contributed by atoms with E-state index in [9.17, 15) is 10.1 Å². The first-order valence-corrected chi connectivity index (χ1v) is 4.43. The predicted molar refractivity (Wildman–Crippen MR) is 50.2 cm³/mol. The molecule has 0 fully saturated rings. The minimum Gasteiger partial charge on any atom is -0.234 e. The molecule has 13 heavy (non-hydrogen) atoms. The number of hydrazine groups is 1. The maximum absolute atomic E-state index is 10.4. The van der Waals surface area contributed by atoms with Crippen LogP contribution in [0.3, 0.4) is 0 Å². The van der Waals surface area contributed by atoms with Gasteiger partial charge < -0.3 is 0 Å². The summed E-state index contributed by atoms with van der Waals surface area (Å²) in [5.41, 5.74) is 1.02. The first-order valence-electron chi connectivity index (χ1n) is 3.66. The van der Waals surface area contributed by atoms with E-state index in [0.29, 0.717) is 0 Å². The number of nitrogens with zero attached hydrogens (tertiary/aromatic N) is 2. The summed E-state index contributed by atoms with van der Waals surface area (Å²) in [7, 11) is 0. The lowest BCUT2D eigenvalue weighted by Gasteiger charge is -2.13. The Kier molecular flexibility index (Phi) is 1.94. The van der Waals surface area contributed by atoms with Crippen LogP contribution in [0.1, 0.15) is 5.56 Å². The normalized spacial score (nSPS) is 14.0. The van der Waals surface area contributed by atoms with Gasteiger partial charge in [-0.1, -0.05) is 18.2 Å². The quantitative estimate of drug-likeness (QED) is 0.390. The lowest BCUT2D eigenvalue weighted by molar-refractivity contribution is -0.602. The Hall–Kier alpha value is -1.49. The van der Waals surface area contributed by atoms with Crippen LogP contribution in [0.15, 0.2) is 35.4 Å². The fourth-order valence-electron chi connectivity index (χ4n) is 1.06. The van der Waals surface area contributed by atoms with Gasteiger partial charge >= 0.3 is 0 Å². The second-order valence-corrected chi connectivity index (χ2v) is 3.48. The van der Waals surface area contributed by atoms with Crippen LogP contribution in [0.25, 0.3) is 6.08 Å². The molecule has 0 amide bonds. The Balaban J connectivity index is 2.34. The molecule has 0 atom stereocenters. The van der Waals surface area contributed by atoms with E-state index in [1.165, 1.54) is 6.20 Å². The van der Waals surface area contributed by atoms with Crippen molar-refractivity contribution in [3.8, 4) is 0 Å². The highest BCUT2D eigenvalue weighted by molar-refractivity contribution is 7.97. The van der Waals surface area contributed by atoms with E-state index >= 15 is 0 Å². The molecule has 0 spiro atoms. The van der Waals surface area contributed by atoms with Crippen LogP contribution in [0.4, 0.5) is 0 Å². The van der Waals surface area contributed by atoms with Crippen LogP contribution in [-0.2, 0) is 0 Å². The van der Waals surface area contributed by atoms with Crippen molar-refractivity contribution in [1.29, 1.82) is 0 Å². The maximum Gasteiger partial charge on any atom is 0.176 e. The van der Waals surface area contributed by atoms with Gasteiger partial charge in [0, 0.05) is 4.90 Å². The van der Waals surface area contributed by atoms with Gasteiger partial charge in [-0.15, -0.1) is 0 Å². The molecule has 0 radical (unpaired) electrons. The summed E-state index contributed by atoms with van der Waals surface area (Å²) < 4.78 is 0.988. The molecule has 2 rings (SSSR count). The molecule has 0 saturated heterocycles. The molecule has 1 aliphatic heterocycles. The Labute approximate surface area is 79.1 Å². The van der Waals surface area contributed by atoms with Crippen molar-refractivity contribution in [3.63, 3.8) is 0 Å². The molecule has 0 saturated carbocycles. The second kappa shape index (κ2) is 3.10. The molecule has 1 aliphatic rings. The molecular weight excluding hydrogens is 188 g/mol. The minimum atomic E-state index is -0.447. The van der Waals surface area contributed by atoms with Crippen molar-refractivity contribution < 1.29 is 5.03 Å². The van der Waals surface area contributed by atoms with Gasteiger partial charge in [0.25, 0.3) is 0 Å². The highest BCUT2D eigenvalue weighted by atomic mass is 32.2. The molecule has 0 unspecified atom stereocenters. The van der Waals surface area contributed by atoms with Crippen molar-refractivity contribution >= 4 is 18.0 Å². The highest BCUT2D eigenvalue weighted by Gasteiger charge is 2.18. The molecule has 1 aromatic rings. The zero-order valence-corrected chi connectivity index (χ0v) is 7.40. The number of hydrogen-bond donors (Lipinski definition) is 0. The fraction of sp³-hybridized carbons (Fsp3) is 0. The van der Waals surface area contributed by atoms with Crippen molar-refractivity contribution in [2.45, 2.75) is 4.90 Å². The van der Waals surface area contributed by atoms with E-state index in [1.54, 1.807) is 6.08 Å². The number of rotatable bonds is 1. The summed E-state index contributed by atoms with van der Waals surface area (Å²) in [6.07, 6.45) is 3.18. The first-order chi connectivity index (χ1) is 6.27. The lowest BCUT2D eigenvalue weighted by Crippen LogP contribution is -2.17. The minimum absolute atomic E-state index is 0.447. The number of hydrogen-bond acceptors (Lipinski definition) is 3. The van der Waals surface area contributed by atoms with Gasteiger partial charge in [-0.3, -0.25) is 0 Å². The molecule has 0 N–H and O–H groups in total. The van der Waals surface area contributed by atoms with E-state index in [4.69, 9.17) is 0 Å². The van der Waals surface area contributed by atoms with E-state index in [0.717, 1.165) is 26.8 Å². The van der Waals surface area contributed by atoms with Gasteiger partial charge in [0.1, 0.15) is 0 Å². The van der Waals surface area contributed by atoms with Crippen molar-refractivity contribution in [3.05, 3.63) is 46.1 Å². The molecule has 1 heterocycles. The average molecular weight is 194 g/mol. The van der Waals surface area contributed by atoms with Crippen LogP contribution in [-0.4, -0.2) is 9.45 Å². The van der Waals surface area contributed by atoms with E-state index < -0.39 is 5.03 Å². The zero-order valence-electron chi connectivity index (χ0n) is 6.58. The molecule has 4 nitrogen and oxygen atoms in total. The molecular formula is C8H6N2O2S. The van der Waals surface area contributed by atoms with Crippen molar-refractivity contribution in [1.82, 2.24) is 4.41 Å². The van der Waals surface area contributed by atoms with Gasteiger partial charge in [0.05, 0.1) is 18.1 Å². The Morgan fingerprint density at radius 2 is 2.15 bits per heavy atom. The van der Waals surface area contributed by atoms with Gasteiger partial charge in [0.15, 0.2) is 5.03 Å². The van der Waals surface area contributed by atoms with Gasteiger partial charge in [-0.2, -0.15) is 0 Å². The summed E-state index contributed by atoms with van der Waals surface area (Å²) in [4.78, 5) is 11.3. The van der Waals surface area contributed by atoms with Gasteiger partial charge in [0.2, 0.25) is 0 Å². The van der Waals surface area contributed by atoms with Crippen LogP contribution >= 0.6 is 11.9 Å². The second-order valence-electron chi connectivity index (χ2n) is 2.49. The first kappa shape index (κ1) is 8.12. The lowest BCUT2D eigenvalue weighted by atomic mass is 10.2. The van der Waals surface area contributed by atoms with Crippen LogP contribution in [0, 0.1) is 10.1 Å².